The summed E-state index contributed by atoms with van der Waals surface area (Å²) in [6, 6.07) is 0. The molecule has 0 unspecified atom stereocenters. The van der Waals surface area contributed by atoms with Gasteiger partial charge in [-0.1, -0.05) is 20.8 Å². The number of amides is 1. The van der Waals surface area contributed by atoms with Crippen LogP contribution in [0.25, 0.3) is 0 Å². The lowest BCUT2D eigenvalue weighted by molar-refractivity contribution is -0.207. The van der Waals surface area contributed by atoms with E-state index in [1.807, 2.05) is 0 Å². The third-order valence-corrected chi connectivity index (χ3v) is 10.5. The van der Waals surface area contributed by atoms with E-state index in [2.05, 4.69) is 20.8 Å². The smallest absolute Gasteiger partial charge is 0.243 e. The summed E-state index contributed by atoms with van der Waals surface area (Å²) < 4.78 is 0. The van der Waals surface area contributed by atoms with E-state index in [1.54, 1.807) is 5.48 Å². The number of hydrogen-bond donors (Lipinski definition) is 5. The van der Waals surface area contributed by atoms with E-state index in [0.29, 0.717) is 36.5 Å². The summed E-state index contributed by atoms with van der Waals surface area (Å²) in [5.74, 6) is 1.39. The normalized spacial score (nSPS) is 51.4. The average molecular weight is 424 g/mol. The Morgan fingerprint density at radius 3 is 2.50 bits per heavy atom. The van der Waals surface area contributed by atoms with Gasteiger partial charge in [-0.15, -0.1) is 0 Å². The predicted molar refractivity (Wildman–Crippen MR) is 112 cm³/mol. The molecular weight excluding hydrogens is 382 g/mol. The van der Waals surface area contributed by atoms with Crippen molar-refractivity contribution in [2.24, 2.45) is 46.3 Å². The van der Waals surface area contributed by atoms with Gasteiger partial charge in [-0.05, 0) is 97.7 Å². The van der Waals surface area contributed by atoms with Crippen molar-refractivity contribution < 1.29 is 25.3 Å². The molecule has 1 amide bonds. The number of nitrogens with one attached hydrogen (secondary N) is 1. The van der Waals surface area contributed by atoms with Crippen LogP contribution in [0, 0.1) is 46.3 Å². The van der Waals surface area contributed by atoms with Crippen LogP contribution >= 0.6 is 0 Å². The molecule has 6 nitrogen and oxygen atoms in total. The number of carbonyl (C=O) groups is 1. The number of hydroxylamine groups is 1. The first-order chi connectivity index (χ1) is 14.1. The molecule has 4 saturated carbocycles. The van der Waals surface area contributed by atoms with Crippen molar-refractivity contribution >= 4 is 5.91 Å². The summed E-state index contributed by atoms with van der Waals surface area (Å²) in [4.78, 5) is 11.5. The molecule has 0 spiro atoms. The molecule has 5 N–H and O–H groups in total. The van der Waals surface area contributed by atoms with Crippen LogP contribution in [0.3, 0.4) is 0 Å². The van der Waals surface area contributed by atoms with Gasteiger partial charge < -0.3 is 15.3 Å². The molecule has 0 radical (unpaired) electrons. The Balaban J connectivity index is 1.58. The zero-order valence-corrected chi connectivity index (χ0v) is 18.8. The van der Waals surface area contributed by atoms with Crippen LogP contribution in [0.5, 0.6) is 0 Å². The number of carbonyl (C=O) groups excluding carboxylic acids is 1. The van der Waals surface area contributed by atoms with Gasteiger partial charge in [0.2, 0.25) is 5.91 Å². The summed E-state index contributed by atoms with van der Waals surface area (Å²) >= 11 is 0. The minimum atomic E-state index is -0.403. The monoisotopic (exact) mass is 423 g/mol. The van der Waals surface area contributed by atoms with E-state index in [1.165, 1.54) is 0 Å². The molecule has 0 aromatic heterocycles. The third kappa shape index (κ3) is 3.33. The third-order valence-electron chi connectivity index (χ3n) is 10.5. The number of hydrogen-bond acceptors (Lipinski definition) is 5. The number of fused-ring (bicyclic) bond motifs is 5. The highest BCUT2D eigenvalue weighted by molar-refractivity contribution is 5.74. The van der Waals surface area contributed by atoms with Gasteiger partial charge in [-0.25, -0.2) is 5.48 Å². The zero-order chi connectivity index (χ0) is 21.8. The van der Waals surface area contributed by atoms with Crippen molar-refractivity contribution in [3.05, 3.63) is 0 Å². The molecule has 0 aliphatic heterocycles. The largest absolute Gasteiger partial charge is 0.393 e. The summed E-state index contributed by atoms with van der Waals surface area (Å²) in [6.07, 6.45) is 6.12. The van der Waals surface area contributed by atoms with Crippen molar-refractivity contribution in [2.75, 3.05) is 0 Å². The Labute approximate surface area is 180 Å². The Kier molecular flexibility index (Phi) is 6.02. The van der Waals surface area contributed by atoms with Gasteiger partial charge in [0.15, 0.2) is 0 Å². The fraction of sp³-hybridized carbons (Fsp3) is 0.958. The average Bonchev–Trinajstić information content (AvgIpc) is 3.06. The van der Waals surface area contributed by atoms with E-state index in [0.717, 1.165) is 44.9 Å². The molecule has 172 valence electrons. The van der Waals surface area contributed by atoms with E-state index in [4.69, 9.17) is 5.21 Å². The number of aliphatic hydroxyl groups excluding tert-OH is 3. The van der Waals surface area contributed by atoms with Gasteiger partial charge in [0, 0.05) is 6.42 Å². The van der Waals surface area contributed by atoms with Crippen molar-refractivity contribution in [1.82, 2.24) is 5.48 Å². The summed E-state index contributed by atoms with van der Waals surface area (Å²) in [6.45, 7) is 6.74. The fourth-order valence-corrected chi connectivity index (χ4v) is 8.75. The van der Waals surface area contributed by atoms with Crippen LogP contribution < -0.4 is 5.48 Å². The van der Waals surface area contributed by atoms with Gasteiger partial charge >= 0.3 is 0 Å². The number of aliphatic hydroxyl groups is 3. The van der Waals surface area contributed by atoms with E-state index < -0.39 is 6.10 Å². The van der Waals surface area contributed by atoms with Crippen LogP contribution in [-0.2, 0) is 4.79 Å². The maximum absolute atomic E-state index is 11.5. The maximum Gasteiger partial charge on any atom is 0.243 e. The summed E-state index contributed by atoms with van der Waals surface area (Å²) in [7, 11) is 0. The quantitative estimate of drug-likeness (QED) is 0.353. The Bertz CT molecular complexity index is 658. The molecule has 0 aromatic rings. The first kappa shape index (κ1) is 22.5. The highest BCUT2D eigenvalue weighted by atomic mass is 16.5. The van der Waals surface area contributed by atoms with Gasteiger partial charge in [-0.2, -0.15) is 0 Å². The van der Waals surface area contributed by atoms with Crippen molar-refractivity contribution in [1.29, 1.82) is 0 Å². The van der Waals surface area contributed by atoms with Crippen LogP contribution in [0.4, 0.5) is 0 Å². The van der Waals surface area contributed by atoms with E-state index in [9.17, 15) is 20.1 Å². The van der Waals surface area contributed by atoms with E-state index in [-0.39, 0.29) is 40.8 Å². The molecule has 0 saturated heterocycles. The Hall–Kier alpha value is -0.690. The zero-order valence-electron chi connectivity index (χ0n) is 18.8. The lowest BCUT2D eigenvalue weighted by atomic mass is 9.43. The minimum Gasteiger partial charge on any atom is -0.393 e. The van der Waals surface area contributed by atoms with Gasteiger partial charge in [-0.3, -0.25) is 10.0 Å². The molecule has 6 heteroatoms. The Morgan fingerprint density at radius 2 is 1.80 bits per heavy atom. The molecule has 0 bridgehead atoms. The highest BCUT2D eigenvalue weighted by Crippen LogP contribution is 2.68. The topological polar surface area (TPSA) is 110 Å². The fourth-order valence-electron chi connectivity index (χ4n) is 8.75. The second-order valence-electron chi connectivity index (χ2n) is 11.6. The van der Waals surface area contributed by atoms with Gasteiger partial charge in [0.05, 0.1) is 18.3 Å². The van der Waals surface area contributed by atoms with Crippen LogP contribution in [-0.4, -0.2) is 44.7 Å². The molecule has 11 atom stereocenters. The molecule has 0 aromatic carbocycles. The molecule has 0 heterocycles. The Morgan fingerprint density at radius 1 is 1.07 bits per heavy atom. The van der Waals surface area contributed by atoms with Crippen molar-refractivity contribution in [3.8, 4) is 0 Å². The predicted octanol–water partition coefficient (Wildman–Crippen LogP) is 2.87. The standard InChI is InChI=1S/C24H41NO5/c1-13(4-7-21(29)25-30)16-5-6-17-22-18(12-20(28)24(16,17)3)23(2)9-8-15(26)10-14(23)11-19(22)27/h13-20,22,26-28,30H,4-12H2,1-3H3,(H,25,29)/t13-,14+,15-,16-,17+,18+,19-,20+,22+,23+,24-/m1/s1. The van der Waals surface area contributed by atoms with Crippen molar-refractivity contribution in [2.45, 2.75) is 96.9 Å². The van der Waals surface area contributed by atoms with Crippen LogP contribution in [0.1, 0.15) is 78.6 Å². The lowest BCUT2D eigenvalue weighted by Gasteiger charge is -2.63. The first-order valence-corrected chi connectivity index (χ1v) is 12.1. The molecule has 4 aliphatic carbocycles. The van der Waals surface area contributed by atoms with Gasteiger partial charge in [0.25, 0.3) is 0 Å². The SMILES string of the molecule is C[C@H](CCC(=O)NO)[C@H]1CC[C@H]2[C@@H]3[C@H](O)C[C@@H]4C[C@H](O)CC[C@]4(C)[C@H]3C[C@H](O)[C@]12C. The van der Waals surface area contributed by atoms with Gasteiger partial charge in [0.1, 0.15) is 0 Å². The maximum atomic E-state index is 11.5. The molecule has 4 fully saturated rings. The van der Waals surface area contributed by atoms with Crippen LogP contribution in [0.15, 0.2) is 0 Å². The molecule has 30 heavy (non-hydrogen) atoms. The highest BCUT2D eigenvalue weighted by Gasteiger charge is 2.65. The summed E-state index contributed by atoms with van der Waals surface area (Å²) in [5.41, 5.74) is 1.57. The summed E-state index contributed by atoms with van der Waals surface area (Å²) in [5, 5.41) is 41.8. The van der Waals surface area contributed by atoms with E-state index >= 15 is 0 Å². The second-order valence-corrected chi connectivity index (χ2v) is 11.6. The lowest BCUT2D eigenvalue weighted by Crippen LogP contribution is -2.62. The first-order valence-electron chi connectivity index (χ1n) is 12.1. The van der Waals surface area contributed by atoms with Crippen LogP contribution in [0.2, 0.25) is 0 Å². The number of rotatable bonds is 4. The molecule has 4 aliphatic rings. The minimum absolute atomic E-state index is 0.0916. The molecular formula is C24H41NO5. The second kappa shape index (κ2) is 8.02. The van der Waals surface area contributed by atoms with Crippen molar-refractivity contribution in [3.63, 3.8) is 0 Å². The molecule has 4 rings (SSSR count).